The maximum absolute atomic E-state index is 12.3. The molecule has 0 fully saturated rings. The van der Waals surface area contributed by atoms with Crippen LogP contribution in [0.5, 0.6) is 0 Å². The van der Waals surface area contributed by atoms with Gasteiger partial charge in [-0.25, -0.2) is 19.2 Å². The lowest BCUT2D eigenvalue weighted by molar-refractivity contribution is -0.511. The van der Waals surface area contributed by atoms with Gasteiger partial charge in [0, 0.05) is 24.3 Å². The molecule has 14 nitrogen and oxygen atoms in total. The van der Waals surface area contributed by atoms with Crippen molar-refractivity contribution >= 4 is 23.9 Å². The van der Waals surface area contributed by atoms with Crippen LogP contribution in [-0.2, 0) is 38.1 Å². The zero-order chi connectivity index (χ0) is 28.2. The average molecular weight is 518 g/mol. The van der Waals surface area contributed by atoms with Gasteiger partial charge in [-0.05, 0) is 27.7 Å². The number of rotatable bonds is 13. The van der Waals surface area contributed by atoms with Gasteiger partial charge in [0.05, 0.1) is 6.61 Å². The zero-order valence-corrected chi connectivity index (χ0v) is 19.9. The molecule has 0 aromatic heterocycles. The fourth-order valence-electron chi connectivity index (χ4n) is 2.47. The molecule has 0 saturated heterocycles. The van der Waals surface area contributed by atoms with Crippen LogP contribution in [0, 0.1) is 0 Å². The average Bonchev–Trinajstić information content (AvgIpc) is 2.77. The minimum atomic E-state index is -4.42. The molecule has 0 aliphatic rings. The summed E-state index contributed by atoms with van der Waals surface area (Å²) in [5.74, 6) is -19.2. The normalized spacial score (nSPS) is 17.5. The van der Waals surface area contributed by atoms with Gasteiger partial charge in [0.25, 0.3) is 0 Å². The van der Waals surface area contributed by atoms with E-state index < -0.39 is 60.2 Å². The molecule has 0 unspecified atom stereocenters. The van der Waals surface area contributed by atoms with Crippen molar-refractivity contribution in [3.05, 3.63) is 48.6 Å². The molecule has 0 rings (SSSR count). The van der Waals surface area contributed by atoms with Gasteiger partial charge in [0.1, 0.15) is 6.10 Å². The van der Waals surface area contributed by atoms with Crippen LogP contribution in [0.4, 0.5) is 0 Å². The zero-order valence-electron chi connectivity index (χ0n) is 19.9. The highest BCUT2D eigenvalue weighted by atomic mass is 16.9. The summed E-state index contributed by atoms with van der Waals surface area (Å²) in [5.41, 5.74) is 0. The van der Waals surface area contributed by atoms with Crippen LogP contribution in [0.25, 0.3) is 0 Å². The fourth-order valence-corrected chi connectivity index (χ4v) is 2.47. The number of hydrogen-bond donors (Lipinski definition) is 6. The number of carbonyl (C=O) groups excluding carboxylic acids is 4. The van der Waals surface area contributed by atoms with Crippen LogP contribution in [0.2, 0.25) is 0 Å². The van der Waals surface area contributed by atoms with Crippen molar-refractivity contribution in [2.75, 3.05) is 6.61 Å². The molecule has 0 saturated carbocycles. The Hall–Kier alpha value is -3.40. The predicted molar refractivity (Wildman–Crippen MR) is 118 cm³/mol. The third-order valence-corrected chi connectivity index (χ3v) is 4.06. The summed E-state index contributed by atoms with van der Waals surface area (Å²) in [7, 11) is 0. The second-order valence-corrected chi connectivity index (χ2v) is 6.80. The molecule has 4 atom stereocenters. The highest BCUT2D eigenvalue weighted by molar-refractivity contribution is 5.85. The Morgan fingerprint density at radius 2 is 1.00 bits per heavy atom. The van der Waals surface area contributed by atoms with E-state index in [1.165, 1.54) is 27.7 Å². The maximum Gasteiger partial charge on any atom is 0.451 e. The van der Waals surface area contributed by atoms with E-state index in [1.54, 1.807) is 0 Å². The number of ether oxygens (including phenoxy) is 4. The molecule has 0 aliphatic carbocycles. The summed E-state index contributed by atoms with van der Waals surface area (Å²) in [4.78, 5) is 48.8. The standard InChI is InChI=1S/C22H30O14/c1-5-9-15(25)33-20(30,19(29)14(24)13-23)21(31,34-16(26)10-6-2)22(32,35-17(27)11-7-3)36-18(28)12-8-4/h5-12,14,19,23-24,29-32H,13H2,1-4H3/b9-5-,10-6-,11-7-,12-8-/t14-,19+,20+,21+/m0/s1. The molecule has 0 spiro atoms. The summed E-state index contributed by atoms with van der Waals surface area (Å²) in [6.45, 7) is 3.90. The van der Waals surface area contributed by atoms with Crippen molar-refractivity contribution in [3.8, 4) is 0 Å². The van der Waals surface area contributed by atoms with Gasteiger partial charge < -0.3 is 49.6 Å². The molecule has 0 aromatic rings. The summed E-state index contributed by atoms with van der Waals surface area (Å²) in [5, 5.41) is 63.4. The lowest BCUT2D eigenvalue weighted by Gasteiger charge is -2.47. The Kier molecular flexibility index (Phi) is 12.9. The Morgan fingerprint density at radius 1 is 0.667 bits per heavy atom. The predicted octanol–water partition coefficient (Wildman–Crippen LogP) is -1.80. The number of esters is 4. The second-order valence-electron chi connectivity index (χ2n) is 6.80. The quantitative estimate of drug-likeness (QED) is 0.0684. The number of hydrogen-bond acceptors (Lipinski definition) is 14. The van der Waals surface area contributed by atoms with Gasteiger partial charge in [-0.3, -0.25) is 0 Å². The Labute approximate surface area is 206 Å². The van der Waals surface area contributed by atoms with Crippen LogP contribution in [0.15, 0.2) is 48.6 Å². The lowest BCUT2D eigenvalue weighted by Crippen LogP contribution is -2.78. The van der Waals surface area contributed by atoms with Crippen molar-refractivity contribution < 1.29 is 68.8 Å². The minimum absolute atomic E-state index is 0.593. The maximum atomic E-state index is 12.3. The molecular formula is C22H30O14. The third kappa shape index (κ3) is 7.81. The van der Waals surface area contributed by atoms with E-state index >= 15 is 0 Å². The largest absolute Gasteiger partial charge is 0.451 e. The number of allylic oxidation sites excluding steroid dienone is 4. The van der Waals surface area contributed by atoms with Crippen molar-refractivity contribution in [1.29, 1.82) is 0 Å². The topological polar surface area (TPSA) is 227 Å². The van der Waals surface area contributed by atoms with Gasteiger partial charge >= 0.3 is 41.4 Å². The molecule has 0 aliphatic heterocycles. The first-order valence-corrected chi connectivity index (χ1v) is 10.3. The van der Waals surface area contributed by atoms with E-state index in [2.05, 4.69) is 18.9 Å². The molecule has 0 radical (unpaired) electrons. The monoisotopic (exact) mass is 518 g/mol. The van der Waals surface area contributed by atoms with E-state index in [-0.39, 0.29) is 0 Å². The van der Waals surface area contributed by atoms with E-state index in [0.29, 0.717) is 24.3 Å². The van der Waals surface area contributed by atoms with Crippen LogP contribution in [0.1, 0.15) is 27.7 Å². The van der Waals surface area contributed by atoms with Crippen molar-refractivity contribution in [2.45, 2.75) is 57.5 Å². The first-order valence-electron chi connectivity index (χ1n) is 10.3. The van der Waals surface area contributed by atoms with E-state index in [9.17, 15) is 49.8 Å². The SMILES string of the molecule is C/C=C\C(=O)OC(O)(OC(=O)/C=C\C)[C@](O)(OC(=O)/C=C\C)[C@](O)(OC(=O)/C=C\C)[C@H](O)[C@@H](O)CO. The number of carbonyl (C=O) groups is 4. The van der Waals surface area contributed by atoms with E-state index in [4.69, 9.17) is 0 Å². The lowest BCUT2D eigenvalue weighted by atomic mass is 9.92. The van der Waals surface area contributed by atoms with Crippen LogP contribution < -0.4 is 0 Å². The fraction of sp³-hybridized carbons (Fsp3) is 0.455. The Morgan fingerprint density at radius 3 is 1.33 bits per heavy atom. The van der Waals surface area contributed by atoms with Gasteiger partial charge in [-0.15, -0.1) is 0 Å². The molecule has 0 amide bonds. The minimum Gasteiger partial charge on any atom is -0.419 e. The summed E-state index contributed by atoms with van der Waals surface area (Å²) in [6, 6.07) is 0. The summed E-state index contributed by atoms with van der Waals surface area (Å²) >= 11 is 0. The van der Waals surface area contributed by atoms with Crippen LogP contribution in [-0.4, -0.2) is 90.9 Å². The van der Waals surface area contributed by atoms with E-state index in [1.807, 2.05) is 0 Å². The highest BCUT2D eigenvalue weighted by Crippen LogP contribution is 2.41. The first-order chi connectivity index (χ1) is 16.7. The Balaban J connectivity index is 7.47. The second kappa shape index (κ2) is 14.2. The van der Waals surface area contributed by atoms with Crippen molar-refractivity contribution in [2.24, 2.45) is 0 Å². The molecule has 202 valence electrons. The van der Waals surface area contributed by atoms with Crippen molar-refractivity contribution in [1.82, 2.24) is 0 Å². The van der Waals surface area contributed by atoms with E-state index in [0.717, 1.165) is 24.3 Å². The summed E-state index contributed by atoms with van der Waals surface area (Å²) in [6.07, 6.45) is 1.27. The molecule has 0 heterocycles. The molecule has 0 aromatic carbocycles. The highest BCUT2D eigenvalue weighted by Gasteiger charge is 2.77. The number of aliphatic hydroxyl groups excluding tert-OH is 3. The molecule has 0 bridgehead atoms. The Bertz CT molecular complexity index is 878. The van der Waals surface area contributed by atoms with Gasteiger partial charge in [0.15, 0.2) is 6.10 Å². The molecule has 36 heavy (non-hydrogen) atoms. The van der Waals surface area contributed by atoms with Gasteiger partial charge in [0.2, 0.25) is 0 Å². The summed E-state index contributed by atoms with van der Waals surface area (Å²) < 4.78 is 18.4. The first kappa shape index (κ1) is 32.6. The molecular weight excluding hydrogens is 488 g/mol. The van der Waals surface area contributed by atoms with Crippen molar-refractivity contribution in [3.63, 3.8) is 0 Å². The number of aliphatic hydroxyl groups is 6. The third-order valence-electron chi connectivity index (χ3n) is 4.06. The van der Waals surface area contributed by atoms with Crippen LogP contribution in [0.3, 0.4) is 0 Å². The molecule has 14 heteroatoms. The van der Waals surface area contributed by atoms with Gasteiger partial charge in [-0.1, -0.05) is 24.3 Å². The van der Waals surface area contributed by atoms with Gasteiger partial charge in [-0.2, -0.15) is 0 Å². The molecule has 6 N–H and O–H groups in total. The van der Waals surface area contributed by atoms with Crippen LogP contribution >= 0.6 is 0 Å². The smallest absolute Gasteiger partial charge is 0.419 e.